The molecule has 4 nitrogen and oxygen atoms in total. The normalized spacial score (nSPS) is 10.2. The summed E-state index contributed by atoms with van der Waals surface area (Å²) in [5.74, 6) is 1.21. The Hall–Kier alpha value is -1.99. The number of ether oxygens (including phenoxy) is 2. The quantitative estimate of drug-likeness (QED) is 0.813. The van der Waals surface area contributed by atoms with Gasteiger partial charge in [-0.15, -0.1) is 0 Å². The van der Waals surface area contributed by atoms with Crippen molar-refractivity contribution in [2.45, 2.75) is 0 Å². The lowest BCUT2D eigenvalue weighted by molar-refractivity contribution is 0.329. The molecule has 0 aliphatic heterocycles. The molecular weight excluding hydrogens is 216 g/mol. The summed E-state index contributed by atoms with van der Waals surface area (Å²) >= 11 is 0. The van der Waals surface area contributed by atoms with E-state index in [1.165, 1.54) is 0 Å². The van der Waals surface area contributed by atoms with E-state index in [2.05, 4.69) is 5.32 Å². The maximum atomic E-state index is 8.46. The van der Waals surface area contributed by atoms with Gasteiger partial charge in [0.15, 0.2) is 18.1 Å². The predicted molar refractivity (Wildman–Crippen MR) is 67.1 cm³/mol. The third-order valence-electron chi connectivity index (χ3n) is 2.11. The first kappa shape index (κ1) is 13.1. The highest BCUT2D eigenvalue weighted by Crippen LogP contribution is 2.28. The Balaban J connectivity index is 2.81. The van der Waals surface area contributed by atoms with E-state index in [4.69, 9.17) is 14.7 Å². The third kappa shape index (κ3) is 4.17. The van der Waals surface area contributed by atoms with Crippen molar-refractivity contribution in [1.82, 2.24) is 5.32 Å². The first-order valence-electron chi connectivity index (χ1n) is 5.30. The number of hydrogen-bond donors (Lipinski definition) is 1. The molecule has 0 unspecified atom stereocenters. The lowest BCUT2D eigenvalue weighted by Crippen LogP contribution is -2.03. The van der Waals surface area contributed by atoms with E-state index in [9.17, 15) is 0 Å². The van der Waals surface area contributed by atoms with E-state index >= 15 is 0 Å². The van der Waals surface area contributed by atoms with Gasteiger partial charge in [-0.25, -0.2) is 0 Å². The minimum atomic E-state index is 0.0191. The van der Waals surface area contributed by atoms with E-state index in [0.717, 1.165) is 12.1 Å². The van der Waals surface area contributed by atoms with Crippen LogP contribution in [0.15, 0.2) is 24.3 Å². The molecule has 0 spiro atoms. The number of nitriles is 1. The average molecular weight is 232 g/mol. The van der Waals surface area contributed by atoms with Gasteiger partial charge in [0.25, 0.3) is 0 Å². The van der Waals surface area contributed by atoms with Gasteiger partial charge in [-0.3, -0.25) is 0 Å². The minimum Gasteiger partial charge on any atom is -0.493 e. The van der Waals surface area contributed by atoms with Crippen molar-refractivity contribution in [3.63, 3.8) is 0 Å². The molecule has 90 valence electrons. The summed E-state index contributed by atoms with van der Waals surface area (Å²) in [5.41, 5.74) is 1.03. The van der Waals surface area contributed by atoms with Crippen molar-refractivity contribution in [3.05, 3.63) is 29.8 Å². The fourth-order valence-electron chi connectivity index (χ4n) is 1.33. The Morgan fingerprint density at radius 1 is 1.41 bits per heavy atom. The van der Waals surface area contributed by atoms with Gasteiger partial charge in [0.2, 0.25) is 0 Å². The molecule has 0 saturated heterocycles. The van der Waals surface area contributed by atoms with Gasteiger partial charge < -0.3 is 14.8 Å². The second-order valence-corrected chi connectivity index (χ2v) is 3.32. The molecule has 0 radical (unpaired) electrons. The monoisotopic (exact) mass is 232 g/mol. The largest absolute Gasteiger partial charge is 0.493 e. The summed E-state index contributed by atoms with van der Waals surface area (Å²) in [6.45, 7) is 0.834. The Morgan fingerprint density at radius 3 is 2.88 bits per heavy atom. The molecule has 0 amide bonds. The van der Waals surface area contributed by atoms with Crippen LogP contribution >= 0.6 is 0 Å². The lowest BCUT2D eigenvalue weighted by Gasteiger charge is -2.08. The van der Waals surface area contributed by atoms with Gasteiger partial charge >= 0.3 is 0 Å². The molecule has 17 heavy (non-hydrogen) atoms. The molecule has 0 fully saturated rings. The third-order valence-corrected chi connectivity index (χ3v) is 2.11. The van der Waals surface area contributed by atoms with Crippen LogP contribution in [0.3, 0.4) is 0 Å². The highest BCUT2D eigenvalue weighted by molar-refractivity contribution is 5.56. The predicted octanol–water partition coefficient (Wildman–Crippen LogP) is 1.83. The van der Waals surface area contributed by atoms with Crippen molar-refractivity contribution >= 4 is 6.08 Å². The van der Waals surface area contributed by atoms with Crippen molar-refractivity contribution in [3.8, 4) is 17.6 Å². The van der Waals surface area contributed by atoms with E-state index < -0.39 is 0 Å². The minimum absolute atomic E-state index is 0.0191. The maximum absolute atomic E-state index is 8.46. The molecule has 1 aromatic rings. The summed E-state index contributed by atoms with van der Waals surface area (Å²) in [4.78, 5) is 0. The molecule has 1 aromatic carbocycles. The van der Waals surface area contributed by atoms with Crippen LogP contribution in [0, 0.1) is 11.3 Å². The van der Waals surface area contributed by atoms with Crippen LogP contribution in [0.5, 0.6) is 11.5 Å². The van der Waals surface area contributed by atoms with E-state index in [1.54, 1.807) is 13.2 Å². The zero-order valence-electron chi connectivity index (χ0n) is 10.1. The van der Waals surface area contributed by atoms with Crippen LogP contribution in [0.25, 0.3) is 6.08 Å². The highest BCUT2D eigenvalue weighted by Gasteiger charge is 2.03. The first-order chi connectivity index (χ1) is 8.31. The molecular formula is C13H16N2O2. The molecule has 0 saturated carbocycles. The number of benzene rings is 1. The van der Waals surface area contributed by atoms with Gasteiger partial charge in [0.1, 0.15) is 6.07 Å². The zero-order valence-corrected chi connectivity index (χ0v) is 10.1. The van der Waals surface area contributed by atoms with Crippen LogP contribution in [-0.2, 0) is 0 Å². The average Bonchev–Trinajstić information content (AvgIpc) is 2.37. The van der Waals surface area contributed by atoms with Crippen LogP contribution in [-0.4, -0.2) is 27.3 Å². The van der Waals surface area contributed by atoms with Crippen molar-refractivity contribution in [2.24, 2.45) is 0 Å². The molecule has 0 atom stereocenters. The fourth-order valence-corrected chi connectivity index (χ4v) is 1.33. The maximum Gasteiger partial charge on any atom is 0.174 e. The van der Waals surface area contributed by atoms with Crippen LogP contribution in [0.4, 0.5) is 0 Å². The summed E-state index contributed by atoms with van der Waals surface area (Å²) in [6, 6.07) is 7.52. The topological polar surface area (TPSA) is 54.3 Å². The molecule has 1 N–H and O–H groups in total. The lowest BCUT2D eigenvalue weighted by atomic mass is 10.2. The highest BCUT2D eigenvalue weighted by atomic mass is 16.5. The summed E-state index contributed by atoms with van der Waals surface area (Å²) < 4.78 is 10.4. The Kier molecular flexibility index (Phi) is 5.62. The van der Waals surface area contributed by atoms with Gasteiger partial charge in [-0.1, -0.05) is 18.2 Å². The molecule has 1 rings (SSSR count). The van der Waals surface area contributed by atoms with Crippen molar-refractivity contribution in [2.75, 3.05) is 27.3 Å². The molecule has 0 aliphatic rings. The number of methoxy groups -OCH3 is 1. The standard InChI is InChI=1S/C13H16N2O2/c1-15-8-3-4-11-5-6-12(17-9-7-14)13(10-11)16-2/h3-6,10,15H,8-9H2,1-2H3. The van der Waals surface area contributed by atoms with E-state index in [-0.39, 0.29) is 6.61 Å². The summed E-state index contributed by atoms with van der Waals surface area (Å²) in [7, 11) is 3.47. The van der Waals surface area contributed by atoms with Crippen molar-refractivity contribution < 1.29 is 9.47 Å². The molecule has 0 aromatic heterocycles. The van der Waals surface area contributed by atoms with Gasteiger partial charge in [-0.05, 0) is 24.7 Å². The first-order valence-corrected chi connectivity index (χ1v) is 5.30. The van der Waals surface area contributed by atoms with Gasteiger partial charge in [-0.2, -0.15) is 5.26 Å². The SMILES string of the molecule is CNCC=Cc1ccc(OCC#N)c(OC)c1. The molecule has 4 heteroatoms. The zero-order chi connectivity index (χ0) is 12.5. The smallest absolute Gasteiger partial charge is 0.174 e. The molecule has 0 bridgehead atoms. The van der Waals surface area contributed by atoms with Crippen LogP contribution in [0.2, 0.25) is 0 Å². The Bertz CT molecular complexity index is 422. The van der Waals surface area contributed by atoms with Gasteiger partial charge in [0.05, 0.1) is 7.11 Å². The van der Waals surface area contributed by atoms with Crippen molar-refractivity contribution in [1.29, 1.82) is 5.26 Å². The fraction of sp³-hybridized carbons (Fsp3) is 0.308. The van der Waals surface area contributed by atoms with Gasteiger partial charge in [0, 0.05) is 6.54 Å². The second kappa shape index (κ2) is 7.31. The molecule has 0 aliphatic carbocycles. The second-order valence-electron chi connectivity index (χ2n) is 3.32. The number of rotatable bonds is 6. The summed E-state index contributed by atoms with van der Waals surface area (Å²) in [5, 5.41) is 11.5. The number of hydrogen-bond acceptors (Lipinski definition) is 4. The summed E-state index contributed by atoms with van der Waals surface area (Å²) in [6.07, 6.45) is 4.01. The number of likely N-dealkylation sites (N-methyl/N-ethyl adjacent to an activating group) is 1. The van der Waals surface area contributed by atoms with Crippen LogP contribution in [0.1, 0.15) is 5.56 Å². The number of nitrogens with one attached hydrogen (secondary N) is 1. The number of nitrogens with zero attached hydrogens (tertiary/aromatic N) is 1. The Labute approximate surface area is 101 Å². The van der Waals surface area contributed by atoms with E-state index in [1.807, 2.05) is 37.4 Å². The molecule has 0 heterocycles. The van der Waals surface area contributed by atoms with Crippen LogP contribution < -0.4 is 14.8 Å². The Morgan fingerprint density at radius 2 is 2.24 bits per heavy atom. The van der Waals surface area contributed by atoms with E-state index in [0.29, 0.717) is 11.5 Å².